The fourth-order valence-electron chi connectivity index (χ4n) is 1.60. The Morgan fingerprint density at radius 1 is 1.15 bits per heavy atom. The molecule has 0 unspecified atom stereocenters. The van der Waals surface area contributed by atoms with Gasteiger partial charge in [0.15, 0.2) is 0 Å². The Bertz CT molecular complexity index is 705. The van der Waals surface area contributed by atoms with Crippen LogP contribution in [0.25, 0.3) is 0 Å². The second-order valence-corrected chi connectivity index (χ2v) is 5.75. The highest BCUT2D eigenvalue weighted by Crippen LogP contribution is 2.22. The van der Waals surface area contributed by atoms with Crippen molar-refractivity contribution in [2.75, 3.05) is 5.32 Å². The summed E-state index contributed by atoms with van der Waals surface area (Å²) in [7, 11) is 0. The Morgan fingerprint density at radius 2 is 1.90 bits per heavy atom. The minimum absolute atomic E-state index is 0.170. The van der Waals surface area contributed by atoms with Gasteiger partial charge in [0.05, 0.1) is 11.3 Å². The van der Waals surface area contributed by atoms with Crippen molar-refractivity contribution >= 4 is 43.5 Å². The minimum atomic E-state index is -0.513. The summed E-state index contributed by atoms with van der Waals surface area (Å²) >= 11 is 6.37. The van der Waals surface area contributed by atoms with Crippen LogP contribution >= 0.6 is 31.9 Å². The maximum Gasteiger partial charge on any atom is 0.255 e. The van der Waals surface area contributed by atoms with Crippen molar-refractivity contribution in [3.8, 4) is 6.07 Å². The topological polar surface area (TPSA) is 52.9 Å². The number of nitrogens with zero attached hydrogens (tertiary/aromatic N) is 1. The van der Waals surface area contributed by atoms with Gasteiger partial charge in [0.2, 0.25) is 0 Å². The number of nitrogens with one attached hydrogen (secondary N) is 1. The SMILES string of the molecule is N#Cc1cc(Br)ccc1NC(=O)c1cc(F)cc(Br)c1. The summed E-state index contributed by atoms with van der Waals surface area (Å²) in [5, 5.41) is 11.6. The zero-order valence-electron chi connectivity index (χ0n) is 9.95. The second kappa shape index (κ2) is 6.16. The van der Waals surface area contributed by atoms with E-state index >= 15 is 0 Å². The van der Waals surface area contributed by atoms with Gasteiger partial charge < -0.3 is 5.32 Å². The quantitative estimate of drug-likeness (QED) is 0.812. The Morgan fingerprint density at radius 3 is 2.55 bits per heavy atom. The maximum atomic E-state index is 13.3. The van der Waals surface area contributed by atoms with E-state index in [1.165, 1.54) is 12.1 Å². The Balaban J connectivity index is 2.30. The highest BCUT2D eigenvalue weighted by Gasteiger charge is 2.11. The molecule has 0 heterocycles. The van der Waals surface area contributed by atoms with Crippen LogP contribution < -0.4 is 5.32 Å². The molecule has 0 aliphatic heterocycles. The molecule has 0 aliphatic carbocycles. The van der Waals surface area contributed by atoms with Gasteiger partial charge in [-0.05, 0) is 36.4 Å². The van der Waals surface area contributed by atoms with Gasteiger partial charge in [-0.1, -0.05) is 31.9 Å². The summed E-state index contributed by atoms with van der Waals surface area (Å²) in [5.41, 5.74) is 0.868. The maximum absolute atomic E-state index is 13.3. The predicted octanol–water partition coefficient (Wildman–Crippen LogP) is 4.47. The van der Waals surface area contributed by atoms with E-state index in [9.17, 15) is 9.18 Å². The molecule has 2 aromatic carbocycles. The van der Waals surface area contributed by atoms with Crippen LogP contribution in [0.4, 0.5) is 10.1 Å². The van der Waals surface area contributed by atoms with Crippen LogP contribution in [-0.2, 0) is 0 Å². The van der Waals surface area contributed by atoms with E-state index in [0.29, 0.717) is 15.7 Å². The number of anilines is 1. The number of hydrogen-bond donors (Lipinski definition) is 1. The van der Waals surface area contributed by atoms with Crippen LogP contribution in [0.5, 0.6) is 0 Å². The molecular weight excluding hydrogens is 391 g/mol. The average molecular weight is 398 g/mol. The summed E-state index contributed by atoms with van der Waals surface area (Å²) < 4.78 is 14.5. The van der Waals surface area contributed by atoms with E-state index < -0.39 is 11.7 Å². The van der Waals surface area contributed by atoms with Gasteiger partial charge in [0.1, 0.15) is 11.9 Å². The number of amides is 1. The van der Waals surface area contributed by atoms with Gasteiger partial charge in [0.25, 0.3) is 5.91 Å². The molecule has 0 saturated heterocycles. The molecule has 3 nitrogen and oxygen atoms in total. The normalized spacial score (nSPS) is 9.90. The Hall–Kier alpha value is -1.71. The van der Waals surface area contributed by atoms with E-state index in [2.05, 4.69) is 37.2 Å². The van der Waals surface area contributed by atoms with Crippen LogP contribution in [0.3, 0.4) is 0 Å². The van der Waals surface area contributed by atoms with Gasteiger partial charge >= 0.3 is 0 Å². The molecule has 0 bridgehead atoms. The fourth-order valence-corrected chi connectivity index (χ4v) is 2.42. The van der Waals surface area contributed by atoms with Gasteiger partial charge in [-0.2, -0.15) is 5.26 Å². The van der Waals surface area contributed by atoms with Crippen molar-refractivity contribution < 1.29 is 9.18 Å². The summed E-state index contributed by atoms with van der Waals surface area (Å²) in [6.45, 7) is 0. The molecule has 0 aliphatic rings. The lowest BCUT2D eigenvalue weighted by Gasteiger charge is -2.08. The molecule has 0 atom stereocenters. The van der Waals surface area contributed by atoms with Gasteiger partial charge in [-0.3, -0.25) is 4.79 Å². The van der Waals surface area contributed by atoms with E-state index in [0.717, 1.165) is 10.5 Å². The van der Waals surface area contributed by atoms with Crippen molar-refractivity contribution in [1.82, 2.24) is 0 Å². The molecule has 20 heavy (non-hydrogen) atoms. The molecule has 0 spiro atoms. The third-order valence-electron chi connectivity index (χ3n) is 2.48. The highest BCUT2D eigenvalue weighted by atomic mass is 79.9. The molecule has 0 fully saturated rings. The van der Waals surface area contributed by atoms with E-state index in [1.54, 1.807) is 18.2 Å². The number of nitriles is 1. The number of carbonyl (C=O) groups excluding carboxylic acids is 1. The fraction of sp³-hybridized carbons (Fsp3) is 0. The van der Waals surface area contributed by atoms with Crippen molar-refractivity contribution in [2.24, 2.45) is 0 Å². The zero-order valence-corrected chi connectivity index (χ0v) is 13.1. The lowest BCUT2D eigenvalue weighted by Crippen LogP contribution is -2.13. The number of rotatable bonds is 2. The third kappa shape index (κ3) is 3.44. The average Bonchev–Trinajstić information content (AvgIpc) is 2.39. The van der Waals surface area contributed by atoms with Crippen molar-refractivity contribution in [1.29, 1.82) is 5.26 Å². The standard InChI is InChI=1S/C14H7Br2FN2O/c15-10-1-2-13(9(4-10)7-18)19-14(20)8-3-11(16)6-12(17)5-8/h1-6H,(H,19,20). The molecule has 1 amide bonds. The molecular formula is C14H7Br2FN2O. The predicted molar refractivity (Wildman–Crippen MR) is 80.9 cm³/mol. The number of halogens is 3. The summed E-state index contributed by atoms with van der Waals surface area (Å²) in [6.07, 6.45) is 0. The van der Waals surface area contributed by atoms with Crippen LogP contribution in [-0.4, -0.2) is 5.91 Å². The van der Waals surface area contributed by atoms with E-state index in [4.69, 9.17) is 5.26 Å². The summed E-state index contributed by atoms with van der Waals surface area (Å²) in [5.74, 6) is -0.995. The smallest absolute Gasteiger partial charge is 0.255 e. The lowest BCUT2D eigenvalue weighted by atomic mass is 10.1. The van der Waals surface area contributed by atoms with Crippen molar-refractivity contribution in [3.63, 3.8) is 0 Å². The van der Waals surface area contributed by atoms with Crippen LogP contribution in [0.1, 0.15) is 15.9 Å². The zero-order chi connectivity index (χ0) is 14.7. The highest BCUT2D eigenvalue weighted by molar-refractivity contribution is 9.10. The monoisotopic (exact) mass is 396 g/mol. The van der Waals surface area contributed by atoms with Crippen molar-refractivity contribution in [3.05, 3.63) is 62.3 Å². The van der Waals surface area contributed by atoms with Gasteiger partial charge in [-0.25, -0.2) is 4.39 Å². The van der Waals surface area contributed by atoms with Crippen LogP contribution in [0, 0.1) is 17.1 Å². The van der Waals surface area contributed by atoms with Crippen molar-refractivity contribution in [2.45, 2.75) is 0 Å². The molecule has 2 aromatic rings. The van der Waals surface area contributed by atoms with Gasteiger partial charge in [-0.15, -0.1) is 0 Å². The number of benzene rings is 2. The first kappa shape index (κ1) is 14.7. The van der Waals surface area contributed by atoms with E-state index in [-0.39, 0.29) is 5.56 Å². The summed E-state index contributed by atoms with van der Waals surface area (Å²) in [6, 6.07) is 10.8. The second-order valence-electron chi connectivity index (χ2n) is 3.91. The Labute approximate surface area is 131 Å². The Kier molecular flexibility index (Phi) is 4.53. The molecule has 0 saturated carbocycles. The number of hydrogen-bond acceptors (Lipinski definition) is 2. The van der Waals surface area contributed by atoms with Crippen LogP contribution in [0.15, 0.2) is 45.3 Å². The molecule has 6 heteroatoms. The largest absolute Gasteiger partial charge is 0.321 e. The summed E-state index contributed by atoms with van der Waals surface area (Å²) in [4.78, 5) is 12.1. The minimum Gasteiger partial charge on any atom is -0.321 e. The first-order valence-corrected chi connectivity index (χ1v) is 7.05. The molecule has 100 valence electrons. The molecule has 1 N–H and O–H groups in total. The van der Waals surface area contributed by atoms with E-state index in [1.807, 2.05) is 6.07 Å². The van der Waals surface area contributed by atoms with Crippen LogP contribution in [0.2, 0.25) is 0 Å². The first-order valence-electron chi connectivity index (χ1n) is 5.46. The first-order chi connectivity index (χ1) is 9.49. The lowest BCUT2D eigenvalue weighted by molar-refractivity contribution is 0.102. The number of carbonyl (C=O) groups is 1. The molecule has 0 aromatic heterocycles. The molecule has 2 rings (SSSR count). The molecule has 0 radical (unpaired) electrons. The van der Waals surface area contributed by atoms with Gasteiger partial charge in [0, 0.05) is 14.5 Å². The third-order valence-corrected chi connectivity index (χ3v) is 3.43.